The first-order valence-corrected chi connectivity index (χ1v) is 9.30. The number of benzene rings is 2. The third-order valence-corrected chi connectivity index (χ3v) is 4.22. The van der Waals surface area contributed by atoms with E-state index < -0.39 is 7.12 Å². The first-order valence-electron chi connectivity index (χ1n) is 9.30. The third kappa shape index (κ3) is 7.49. The van der Waals surface area contributed by atoms with Crippen molar-refractivity contribution in [2.45, 2.75) is 32.6 Å². The van der Waals surface area contributed by atoms with E-state index >= 15 is 0 Å². The number of rotatable bonds is 1. The Labute approximate surface area is 171 Å². The molecule has 0 saturated heterocycles. The smallest absolute Gasteiger partial charge is 0.488 e. The normalized spacial score (nSPS) is 12.5. The lowest BCUT2D eigenvalue weighted by molar-refractivity contribution is -0.106. The second-order valence-corrected chi connectivity index (χ2v) is 6.36. The molecule has 0 atom stereocenters. The first-order chi connectivity index (χ1) is 13.9. The molecule has 0 bridgehead atoms. The van der Waals surface area contributed by atoms with Crippen LogP contribution in [0.1, 0.15) is 30.0 Å². The van der Waals surface area contributed by atoms with Gasteiger partial charge in [-0.15, -0.1) is 0 Å². The highest BCUT2D eigenvalue weighted by Crippen LogP contribution is 2.28. The Morgan fingerprint density at radius 2 is 1.72 bits per heavy atom. The van der Waals surface area contributed by atoms with Crippen molar-refractivity contribution in [1.29, 1.82) is 0 Å². The van der Waals surface area contributed by atoms with Crippen molar-refractivity contribution in [2.24, 2.45) is 0 Å². The number of carbonyl (C=O) groups excluding carboxylic acids is 1. The van der Waals surface area contributed by atoms with Crippen LogP contribution in [-0.4, -0.2) is 49.4 Å². The van der Waals surface area contributed by atoms with Gasteiger partial charge in [-0.3, -0.25) is 0 Å². The van der Waals surface area contributed by atoms with Gasteiger partial charge in [-0.25, -0.2) is 4.39 Å². The third-order valence-electron chi connectivity index (χ3n) is 4.22. The molecular weight excluding hydrogens is 378 g/mol. The molecule has 2 aliphatic rings. The number of halogens is 1. The lowest BCUT2D eigenvalue weighted by atomic mass is 9.76. The van der Waals surface area contributed by atoms with Crippen LogP contribution in [0.25, 0.3) is 0 Å². The molecule has 0 unspecified atom stereocenters. The Morgan fingerprint density at radius 3 is 2.34 bits per heavy atom. The molecule has 8 heteroatoms. The number of ether oxygens (including phenoxy) is 2. The second-order valence-electron chi connectivity index (χ2n) is 6.36. The standard InChI is InChI=1S/C9H10BFO2.C8H8O2.C2H6O.C2H4O/c11-9-5-4-8(10(12)13)6-2-1-3-7(6)9;9-7-2-1-6-3-4-10-8(6)5-7;1-3-2;1-2-3/h4-5,12-13H,1-3H2;1-2,5,9H,3-4H2;1-2H3;2H,1H3. The van der Waals surface area contributed by atoms with Gasteiger partial charge in [0.15, 0.2) is 0 Å². The van der Waals surface area contributed by atoms with Crippen molar-refractivity contribution in [3.63, 3.8) is 0 Å². The Bertz CT molecular complexity index is 782. The van der Waals surface area contributed by atoms with Gasteiger partial charge < -0.3 is 29.4 Å². The molecule has 0 amide bonds. The molecule has 2 aromatic rings. The van der Waals surface area contributed by atoms with Gasteiger partial charge in [0.05, 0.1) is 6.61 Å². The molecule has 0 radical (unpaired) electrons. The number of methoxy groups -OCH3 is 1. The van der Waals surface area contributed by atoms with Gasteiger partial charge in [0.1, 0.15) is 23.6 Å². The number of phenolic OH excluding ortho intramolecular Hbond substituents is 1. The monoisotopic (exact) mass is 406 g/mol. The zero-order valence-electron chi connectivity index (χ0n) is 17.0. The van der Waals surface area contributed by atoms with Crippen LogP contribution in [0.4, 0.5) is 4.39 Å². The van der Waals surface area contributed by atoms with Crippen molar-refractivity contribution in [1.82, 2.24) is 0 Å². The fraction of sp³-hybridized carbons (Fsp3) is 0.381. The van der Waals surface area contributed by atoms with Crippen molar-refractivity contribution in [3.8, 4) is 11.5 Å². The molecule has 29 heavy (non-hydrogen) atoms. The molecule has 1 aliphatic heterocycles. The molecule has 1 aliphatic carbocycles. The number of aldehydes is 1. The predicted octanol–water partition coefficient (Wildman–Crippen LogP) is 1.79. The maximum absolute atomic E-state index is 13.2. The van der Waals surface area contributed by atoms with Crippen LogP contribution in [0.15, 0.2) is 30.3 Å². The van der Waals surface area contributed by atoms with E-state index in [4.69, 9.17) is 24.7 Å². The molecular formula is C21H28BFO6. The SMILES string of the molecule is CC=O.COC.OB(O)c1ccc(F)c2c1CCC2.Oc1ccc2c(c1)OCC2. The van der Waals surface area contributed by atoms with Crippen molar-refractivity contribution >= 4 is 18.9 Å². The highest BCUT2D eigenvalue weighted by atomic mass is 19.1. The van der Waals surface area contributed by atoms with Gasteiger partial charge in [0.25, 0.3) is 0 Å². The first kappa shape index (κ1) is 24.6. The average Bonchev–Trinajstić information content (AvgIpc) is 3.33. The number of phenols is 1. The van der Waals surface area contributed by atoms with E-state index in [2.05, 4.69) is 4.74 Å². The van der Waals surface area contributed by atoms with E-state index in [0.29, 0.717) is 17.4 Å². The number of fused-ring (bicyclic) bond motifs is 2. The zero-order chi connectivity index (χ0) is 21.8. The summed E-state index contributed by atoms with van der Waals surface area (Å²) >= 11 is 0. The van der Waals surface area contributed by atoms with Crippen LogP contribution in [0.2, 0.25) is 0 Å². The Hall–Kier alpha value is -2.42. The Kier molecular flexibility index (Phi) is 11.0. The molecule has 3 N–H and O–H groups in total. The topological polar surface area (TPSA) is 96.2 Å². The molecule has 0 fully saturated rings. The predicted molar refractivity (Wildman–Crippen MR) is 110 cm³/mol. The summed E-state index contributed by atoms with van der Waals surface area (Å²) in [7, 11) is 1.77. The van der Waals surface area contributed by atoms with Crippen molar-refractivity contribution in [3.05, 3.63) is 52.8 Å². The van der Waals surface area contributed by atoms with Crippen LogP contribution in [0, 0.1) is 5.82 Å². The summed E-state index contributed by atoms with van der Waals surface area (Å²) in [6.07, 6.45) is 4.08. The highest BCUT2D eigenvalue weighted by Gasteiger charge is 2.23. The minimum Gasteiger partial charge on any atom is -0.508 e. The number of carbonyl (C=O) groups is 1. The number of hydrogen-bond donors (Lipinski definition) is 3. The summed E-state index contributed by atoms with van der Waals surface area (Å²) in [6, 6.07) is 8.00. The summed E-state index contributed by atoms with van der Waals surface area (Å²) in [5, 5.41) is 27.0. The van der Waals surface area contributed by atoms with E-state index in [9.17, 15) is 4.39 Å². The fourth-order valence-corrected chi connectivity index (χ4v) is 3.09. The van der Waals surface area contributed by atoms with Gasteiger partial charge >= 0.3 is 7.12 Å². The highest BCUT2D eigenvalue weighted by molar-refractivity contribution is 6.59. The quantitative estimate of drug-likeness (QED) is 0.494. The van der Waals surface area contributed by atoms with Crippen molar-refractivity contribution in [2.75, 3.05) is 20.8 Å². The number of aromatic hydroxyl groups is 1. The van der Waals surface area contributed by atoms with Gasteiger partial charge in [0, 0.05) is 26.7 Å². The van der Waals surface area contributed by atoms with Crippen LogP contribution in [-0.2, 0) is 28.8 Å². The Balaban J connectivity index is 0.000000233. The maximum atomic E-state index is 13.2. The van der Waals surface area contributed by atoms with E-state index in [-0.39, 0.29) is 11.6 Å². The second kappa shape index (κ2) is 12.9. The fourth-order valence-electron chi connectivity index (χ4n) is 3.09. The van der Waals surface area contributed by atoms with Gasteiger partial charge in [-0.05, 0) is 60.5 Å². The lowest BCUT2D eigenvalue weighted by Crippen LogP contribution is -2.33. The molecule has 0 spiro atoms. The number of hydrogen-bond acceptors (Lipinski definition) is 6. The largest absolute Gasteiger partial charge is 0.508 e. The summed E-state index contributed by atoms with van der Waals surface area (Å²) in [6.45, 7) is 2.19. The Morgan fingerprint density at radius 1 is 1.10 bits per heavy atom. The zero-order valence-corrected chi connectivity index (χ0v) is 17.0. The van der Waals surface area contributed by atoms with Crippen molar-refractivity contribution < 1.29 is 33.8 Å². The molecule has 0 aromatic heterocycles. The molecule has 4 rings (SSSR count). The summed E-state index contributed by atoms with van der Waals surface area (Å²) in [4.78, 5) is 8.81. The molecule has 158 valence electrons. The van der Waals surface area contributed by atoms with Crippen LogP contribution >= 0.6 is 0 Å². The maximum Gasteiger partial charge on any atom is 0.488 e. The summed E-state index contributed by atoms with van der Waals surface area (Å²) in [5.74, 6) is 0.887. The van der Waals surface area contributed by atoms with E-state index in [0.717, 1.165) is 43.5 Å². The lowest BCUT2D eigenvalue weighted by Gasteiger charge is -2.07. The van der Waals surface area contributed by atoms with Gasteiger partial charge in [0.2, 0.25) is 0 Å². The molecule has 0 saturated carbocycles. The van der Waals surface area contributed by atoms with Crippen LogP contribution in [0.5, 0.6) is 11.5 Å². The average molecular weight is 406 g/mol. The van der Waals surface area contributed by atoms with Gasteiger partial charge in [-0.2, -0.15) is 0 Å². The van der Waals surface area contributed by atoms with Crippen LogP contribution < -0.4 is 10.2 Å². The molecule has 2 aromatic carbocycles. The molecule has 6 nitrogen and oxygen atoms in total. The summed E-state index contributed by atoms with van der Waals surface area (Å²) < 4.78 is 22.6. The van der Waals surface area contributed by atoms with E-state index in [1.54, 1.807) is 26.4 Å². The van der Waals surface area contributed by atoms with Gasteiger partial charge in [-0.1, -0.05) is 12.1 Å². The van der Waals surface area contributed by atoms with Crippen LogP contribution in [0.3, 0.4) is 0 Å². The minimum atomic E-state index is -1.48. The minimum absolute atomic E-state index is 0.225. The van der Waals surface area contributed by atoms with E-state index in [1.165, 1.54) is 24.6 Å². The summed E-state index contributed by atoms with van der Waals surface area (Å²) in [5.41, 5.74) is 3.09. The van der Waals surface area contributed by atoms with E-state index in [1.807, 2.05) is 6.07 Å². The molecule has 1 heterocycles.